The zero-order valence-electron chi connectivity index (χ0n) is 19.8. The van der Waals surface area contributed by atoms with Crippen molar-refractivity contribution in [3.05, 3.63) is 71.8 Å². The molecule has 34 heavy (non-hydrogen) atoms. The third-order valence-electron chi connectivity index (χ3n) is 7.97. The molecule has 2 aliphatic heterocycles. The van der Waals surface area contributed by atoms with E-state index in [4.69, 9.17) is 4.74 Å². The summed E-state index contributed by atoms with van der Waals surface area (Å²) in [6, 6.07) is 20.9. The lowest BCUT2D eigenvalue weighted by molar-refractivity contribution is -0.153. The molecule has 0 unspecified atom stereocenters. The van der Waals surface area contributed by atoms with Crippen LogP contribution in [-0.4, -0.2) is 54.4 Å². The topological polar surface area (TPSA) is 49.9 Å². The lowest BCUT2D eigenvalue weighted by atomic mass is 9.76. The van der Waals surface area contributed by atoms with E-state index in [9.17, 15) is 9.59 Å². The number of hydrogen-bond acceptors (Lipinski definition) is 4. The number of carbonyl (C=O) groups is 2. The fourth-order valence-electron chi connectivity index (χ4n) is 6.11. The van der Waals surface area contributed by atoms with Crippen molar-refractivity contribution >= 4 is 24.2 Å². The van der Waals surface area contributed by atoms with Crippen molar-refractivity contribution < 1.29 is 14.3 Å². The fraction of sp³-hybridized carbons (Fsp3) is 0.500. The molecule has 0 atom stereocenters. The maximum absolute atomic E-state index is 12.8. The summed E-state index contributed by atoms with van der Waals surface area (Å²) in [6.07, 6.45) is 6.29. The van der Waals surface area contributed by atoms with Crippen LogP contribution in [0.5, 0.6) is 0 Å². The van der Waals surface area contributed by atoms with Crippen molar-refractivity contribution in [3.8, 4) is 0 Å². The smallest absolute Gasteiger partial charge is 0.229 e. The minimum absolute atomic E-state index is 0. The molecule has 2 amide bonds. The van der Waals surface area contributed by atoms with E-state index < -0.39 is 5.60 Å². The first-order chi connectivity index (χ1) is 16.1. The molecule has 6 heteroatoms. The van der Waals surface area contributed by atoms with Gasteiger partial charge < -0.3 is 4.74 Å². The van der Waals surface area contributed by atoms with Crippen molar-refractivity contribution in [2.75, 3.05) is 32.8 Å². The number of carbonyl (C=O) groups excluding carboxylic acids is 2. The Morgan fingerprint density at radius 3 is 1.85 bits per heavy atom. The van der Waals surface area contributed by atoms with Gasteiger partial charge in [-0.05, 0) is 35.8 Å². The molecule has 5 nitrogen and oxygen atoms in total. The number of rotatable bonds is 5. The van der Waals surface area contributed by atoms with Crippen LogP contribution in [0.25, 0.3) is 0 Å². The maximum Gasteiger partial charge on any atom is 0.229 e. The number of likely N-dealkylation sites (tertiary alicyclic amines) is 1. The van der Waals surface area contributed by atoms with Gasteiger partial charge in [0.25, 0.3) is 0 Å². The highest BCUT2D eigenvalue weighted by Crippen LogP contribution is 2.47. The Morgan fingerprint density at radius 2 is 1.29 bits per heavy atom. The van der Waals surface area contributed by atoms with E-state index in [1.165, 1.54) is 16.0 Å². The molecule has 0 radical (unpaired) electrons. The zero-order valence-corrected chi connectivity index (χ0v) is 20.6. The third kappa shape index (κ3) is 4.93. The molecular formula is C28H35ClN2O3. The largest absolute Gasteiger partial charge is 0.364 e. The van der Waals surface area contributed by atoms with Gasteiger partial charge in [0.1, 0.15) is 5.60 Å². The highest BCUT2D eigenvalue weighted by Gasteiger charge is 2.45. The minimum Gasteiger partial charge on any atom is -0.364 e. The van der Waals surface area contributed by atoms with Crippen LogP contribution < -0.4 is 0 Å². The number of halogens is 1. The van der Waals surface area contributed by atoms with Crippen molar-refractivity contribution in [1.82, 2.24) is 9.80 Å². The number of hydrogen-bond donors (Lipinski definition) is 0. The average molecular weight is 483 g/mol. The van der Waals surface area contributed by atoms with Gasteiger partial charge in [-0.15, -0.1) is 12.4 Å². The number of ether oxygens (including phenoxy) is 1. The first kappa shape index (κ1) is 24.9. The molecule has 2 aromatic rings. The SMILES string of the molecule is Cl.O=C1CC2(CCCC2)CC(=O)N1CCN1CCOC(c2ccccc2)(c2ccccc2)CC1. The molecule has 2 aromatic carbocycles. The normalized spacial score (nSPS) is 22.4. The van der Waals surface area contributed by atoms with Gasteiger partial charge in [-0.3, -0.25) is 19.4 Å². The maximum atomic E-state index is 12.8. The Kier molecular flexibility index (Phi) is 7.76. The summed E-state index contributed by atoms with van der Waals surface area (Å²) in [4.78, 5) is 29.5. The highest BCUT2D eigenvalue weighted by molar-refractivity contribution is 5.98. The number of nitrogens with zero attached hydrogens (tertiary/aromatic N) is 2. The molecule has 1 saturated carbocycles. The summed E-state index contributed by atoms with van der Waals surface area (Å²) < 4.78 is 6.60. The van der Waals surface area contributed by atoms with Crippen LogP contribution in [0.2, 0.25) is 0 Å². The summed E-state index contributed by atoms with van der Waals surface area (Å²) in [7, 11) is 0. The van der Waals surface area contributed by atoms with Crippen LogP contribution in [0.15, 0.2) is 60.7 Å². The summed E-state index contributed by atoms with van der Waals surface area (Å²) >= 11 is 0. The van der Waals surface area contributed by atoms with Crippen molar-refractivity contribution in [3.63, 3.8) is 0 Å². The van der Waals surface area contributed by atoms with Crippen LogP contribution in [0.4, 0.5) is 0 Å². The van der Waals surface area contributed by atoms with Gasteiger partial charge in [0, 0.05) is 39.0 Å². The van der Waals surface area contributed by atoms with Crippen LogP contribution in [0.3, 0.4) is 0 Å². The molecule has 2 saturated heterocycles. The lowest BCUT2D eigenvalue weighted by Crippen LogP contribution is -2.49. The number of amides is 2. The first-order valence-corrected chi connectivity index (χ1v) is 12.4. The molecule has 0 bridgehead atoms. The quantitative estimate of drug-likeness (QED) is 0.575. The minimum atomic E-state index is -0.483. The zero-order chi connectivity index (χ0) is 22.7. The highest BCUT2D eigenvalue weighted by atomic mass is 35.5. The van der Waals surface area contributed by atoms with Gasteiger partial charge in [0.05, 0.1) is 6.61 Å². The Labute approximate surface area is 208 Å². The molecule has 3 fully saturated rings. The fourth-order valence-corrected chi connectivity index (χ4v) is 6.11. The van der Waals surface area contributed by atoms with Gasteiger partial charge >= 0.3 is 0 Å². The molecular weight excluding hydrogens is 448 g/mol. The van der Waals surface area contributed by atoms with E-state index in [0.29, 0.717) is 32.5 Å². The second-order valence-electron chi connectivity index (χ2n) is 10.00. The van der Waals surface area contributed by atoms with E-state index >= 15 is 0 Å². The number of benzene rings is 2. The Bertz CT molecular complexity index is 916. The molecule has 1 spiro atoms. The van der Waals surface area contributed by atoms with Gasteiger partial charge in [-0.1, -0.05) is 73.5 Å². The molecule has 2 heterocycles. The van der Waals surface area contributed by atoms with E-state index in [2.05, 4.69) is 53.4 Å². The summed E-state index contributed by atoms with van der Waals surface area (Å²) in [5.74, 6) is 0.0595. The average Bonchev–Trinajstić information content (AvgIpc) is 3.16. The number of imide groups is 1. The molecule has 1 aliphatic carbocycles. The van der Waals surface area contributed by atoms with Gasteiger partial charge in [-0.2, -0.15) is 0 Å². The van der Waals surface area contributed by atoms with Crippen molar-refractivity contribution in [2.45, 2.75) is 50.5 Å². The Morgan fingerprint density at radius 1 is 0.735 bits per heavy atom. The van der Waals surface area contributed by atoms with E-state index in [0.717, 1.165) is 45.2 Å². The van der Waals surface area contributed by atoms with E-state index in [-0.39, 0.29) is 29.6 Å². The second-order valence-corrected chi connectivity index (χ2v) is 10.00. The van der Waals surface area contributed by atoms with Crippen LogP contribution in [-0.2, 0) is 19.9 Å². The predicted octanol–water partition coefficient (Wildman–Crippen LogP) is 4.78. The van der Waals surface area contributed by atoms with Crippen LogP contribution in [0.1, 0.15) is 56.1 Å². The lowest BCUT2D eigenvalue weighted by Gasteiger charge is -2.38. The monoisotopic (exact) mass is 482 g/mol. The molecule has 3 aliphatic rings. The summed E-state index contributed by atoms with van der Waals surface area (Å²) in [5, 5.41) is 0. The Hall–Kier alpha value is -2.21. The molecule has 0 aromatic heterocycles. The van der Waals surface area contributed by atoms with E-state index in [1.807, 2.05) is 12.1 Å². The van der Waals surface area contributed by atoms with Gasteiger partial charge in [0.15, 0.2) is 0 Å². The van der Waals surface area contributed by atoms with E-state index in [1.54, 1.807) is 0 Å². The van der Waals surface area contributed by atoms with Gasteiger partial charge in [0.2, 0.25) is 11.8 Å². The van der Waals surface area contributed by atoms with Crippen molar-refractivity contribution in [1.29, 1.82) is 0 Å². The Balaban J connectivity index is 0.00000274. The molecule has 182 valence electrons. The molecule has 0 N–H and O–H groups in total. The predicted molar refractivity (Wildman–Crippen MR) is 135 cm³/mol. The van der Waals surface area contributed by atoms with Crippen LogP contribution >= 0.6 is 12.4 Å². The summed E-state index contributed by atoms with van der Waals surface area (Å²) in [5.41, 5.74) is 1.82. The first-order valence-electron chi connectivity index (χ1n) is 12.4. The third-order valence-corrected chi connectivity index (χ3v) is 7.97. The molecule has 5 rings (SSSR count). The second kappa shape index (κ2) is 10.6. The van der Waals surface area contributed by atoms with Gasteiger partial charge in [-0.25, -0.2) is 0 Å². The number of piperidine rings is 1. The van der Waals surface area contributed by atoms with Crippen molar-refractivity contribution in [2.24, 2.45) is 5.41 Å². The standard InChI is InChI=1S/C28H34N2O3.ClH/c31-25-21-27(13-7-8-14-27)22-26(32)30(25)18-17-29-16-15-28(33-20-19-29,23-9-3-1-4-10-23)24-11-5-2-6-12-24;/h1-6,9-12H,7-8,13-22H2;1H. The summed E-state index contributed by atoms with van der Waals surface area (Å²) in [6.45, 7) is 3.44. The van der Waals surface area contributed by atoms with Crippen LogP contribution in [0, 0.1) is 5.41 Å².